The molecule has 2 fully saturated rings. The van der Waals surface area contributed by atoms with Crippen LogP contribution in [0.2, 0.25) is 0 Å². The third kappa shape index (κ3) is 5.34. The number of rotatable bonds is 9. The molecule has 1 saturated heterocycles. The lowest BCUT2D eigenvalue weighted by atomic mass is 10.0. The molecule has 4 rings (SSSR count). The lowest BCUT2D eigenvalue weighted by Gasteiger charge is -2.32. The number of aliphatic hydroxyl groups is 1. The number of aromatic nitrogens is 2. The Morgan fingerprint density at radius 1 is 1.26 bits per heavy atom. The second kappa shape index (κ2) is 9.51. The van der Waals surface area contributed by atoms with Crippen LogP contribution in [0.1, 0.15) is 38.3 Å². The van der Waals surface area contributed by atoms with Gasteiger partial charge in [0.2, 0.25) is 0 Å². The van der Waals surface area contributed by atoms with Crippen LogP contribution in [0.5, 0.6) is 5.75 Å². The van der Waals surface area contributed by atoms with Gasteiger partial charge in [0.25, 0.3) is 0 Å². The van der Waals surface area contributed by atoms with Gasteiger partial charge >= 0.3 is 0 Å². The summed E-state index contributed by atoms with van der Waals surface area (Å²) in [6.07, 6.45) is 3.80. The van der Waals surface area contributed by atoms with E-state index in [-0.39, 0.29) is 12.0 Å². The first-order valence-corrected chi connectivity index (χ1v) is 11.2. The number of anilines is 1. The standard InChI is InChI=1S/C24H34N4O3/c1-24(9-10-24)21-14-22(28(3)18-7-11-30-12-8-18)27-23(26-21)17-5-4-6-20(13-17)31-16-19(29)15-25-2/h4-6,13-14,18-19,25,29H,7-12,15-16H2,1-3H3. The zero-order chi connectivity index (χ0) is 21.8. The highest BCUT2D eigenvalue weighted by Gasteiger charge is 2.41. The number of nitrogens with zero attached hydrogens (tertiary/aromatic N) is 3. The summed E-state index contributed by atoms with van der Waals surface area (Å²) in [6.45, 7) is 4.61. The summed E-state index contributed by atoms with van der Waals surface area (Å²) in [5, 5.41) is 12.9. The minimum absolute atomic E-state index is 0.147. The molecular weight excluding hydrogens is 392 g/mol. The summed E-state index contributed by atoms with van der Waals surface area (Å²) in [5.74, 6) is 2.40. The molecule has 7 heteroatoms. The first kappa shape index (κ1) is 22.0. The lowest BCUT2D eigenvalue weighted by molar-refractivity contribution is 0.0853. The molecule has 0 radical (unpaired) electrons. The number of hydrogen-bond donors (Lipinski definition) is 2. The Hall–Kier alpha value is -2.22. The van der Waals surface area contributed by atoms with Gasteiger partial charge in [-0.1, -0.05) is 19.1 Å². The van der Waals surface area contributed by atoms with Crippen LogP contribution in [0.15, 0.2) is 30.3 Å². The van der Waals surface area contributed by atoms with Crippen molar-refractivity contribution >= 4 is 5.82 Å². The minimum atomic E-state index is -0.553. The largest absolute Gasteiger partial charge is 0.491 e. The van der Waals surface area contributed by atoms with Crippen molar-refractivity contribution in [3.8, 4) is 17.1 Å². The first-order chi connectivity index (χ1) is 15.0. The van der Waals surface area contributed by atoms with Crippen molar-refractivity contribution in [2.75, 3.05) is 45.4 Å². The molecule has 31 heavy (non-hydrogen) atoms. The van der Waals surface area contributed by atoms with Crippen LogP contribution in [0.4, 0.5) is 5.82 Å². The summed E-state index contributed by atoms with van der Waals surface area (Å²) in [7, 11) is 3.94. The zero-order valence-corrected chi connectivity index (χ0v) is 18.8. The van der Waals surface area contributed by atoms with E-state index in [2.05, 4.69) is 30.3 Å². The number of ether oxygens (including phenoxy) is 2. The van der Waals surface area contributed by atoms with Gasteiger partial charge < -0.3 is 24.8 Å². The van der Waals surface area contributed by atoms with Gasteiger partial charge in [-0.05, 0) is 44.9 Å². The molecule has 1 aromatic carbocycles. The van der Waals surface area contributed by atoms with Gasteiger partial charge in [0.1, 0.15) is 24.3 Å². The van der Waals surface area contributed by atoms with E-state index < -0.39 is 6.10 Å². The molecule has 1 aliphatic heterocycles. The number of likely N-dealkylation sites (N-methyl/N-ethyl adjacent to an activating group) is 1. The molecule has 2 aliphatic rings. The second-order valence-corrected chi connectivity index (χ2v) is 9.00. The van der Waals surface area contributed by atoms with Crippen LogP contribution < -0.4 is 15.0 Å². The Bertz CT molecular complexity index is 881. The topological polar surface area (TPSA) is 79.7 Å². The second-order valence-electron chi connectivity index (χ2n) is 9.00. The van der Waals surface area contributed by atoms with E-state index in [1.54, 1.807) is 0 Å². The maximum Gasteiger partial charge on any atom is 0.161 e. The van der Waals surface area contributed by atoms with Gasteiger partial charge in [-0.3, -0.25) is 0 Å². The molecule has 1 saturated carbocycles. The monoisotopic (exact) mass is 426 g/mol. The third-order valence-electron chi connectivity index (χ3n) is 6.41. The molecular formula is C24H34N4O3. The van der Waals surface area contributed by atoms with Crippen LogP contribution >= 0.6 is 0 Å². The number of benzene rings is 1. The normalized spacial score (nSPS) is 19.1. The van der Waals surface area contributed by atoms with E-state index in [1.165, 1.54) is 0 Å². The number of hydrogen-bond acceptors (Lipinski definition) is 7. The minimum Gasteiger partial charge on any atom is -0.491 e. The molecule has 1 atom stereocenters. The molecule has 1 unspecified atom stereocenters. The van der Waals surface area contributed by atoms with Crippen molar-refractivity contribution in [2.24, 2.45) is 0 Å². The van der Waals surface area contributed by atoms with Crippen molar-refractivity contribution < 1.29 is 14.6 Å². The van der Waals surface area contributed by atoms with Gasteiger partial charge in [-0.25, -0.2) is 9.97 Å². The number of aliphatic hydroxyl groups excluding tert-OH is 1. The van der Waals surface area contributed by atoms with Crippen LogP contribution in [0, 0.1) is 0 Å². The summed E-state index contributed by atoms with van der Waals surface area (Å²) in [5.41, 5.74) is 2.18. The van der Waals surface area contributed by atoms with E-state index in [0.29, 0.717) is 18.3 Å². The third-order valence-corrected chi connectivity index (χ3v) is 6.41. The fraction of sp³-hybridized carbons (Fsp3) is 0.583. The molecule has 0 spiro atoms. The highest BCUT2D eigenvalue weighted by molar-refractivity contribution is 5.61. The summed E-state index contributed by atoms with van der Waals surface area (Å²) < 4.78 is 11.3. The molecule has 0 bridgehead atoms. The van der Waals surface area contributed by atoms with E-state index in [0.717, 1.165) is 61.8 Å². The molecule has 2 N–H and O–H groups in total. The van der Waals surface area contributed by atoms with Crippen molar-refractivity contribution in [2.45, 2.75) is 50.2 Å². The van der Waals surface area contributed by atoms with Gasteiger partial charge in [-0.2, -0.15) is 0 Å². The average Bonchev–Trinajstić information content (AvgIpc) is 3.56. The van der Waals surface area contributed by atoms with E-state index in [4.69, 9.17) is 19.4 Å². The van der Waals surface area contributed by atoms with Gasteiger partial charge in [0.15, 0.2) is 5.82 Å². The Labute approximate surface area is 184 Å². The Morgan fingerprint density at radius 2 is 2.03 bits per heavy atom. The molecule has 0 amide bonds. The summed E-state index contributed by atoms with van der Waals surface area (Å²) >= 11 is 0. The molecule has 1 aromatic heterocycles. The Morgan fingerprint density at radius 3 is 2.74 bits per heavy atom. The molecule has 2 aromatic rings. The van der Waals surface area contributed by atoms with Gasteiger partial charge in [0.05, 0.1) is 5.69 Å². The van der Waals surface area contributed by atoms with Crippen LogP contribution in [-0.2, 0) is 10.2 Å². The van der Waals surface area contributed by atoms with E-state index in [9.17, 15) is 5.11 Å². The van der Waals surface area contributed by atoms with Crippen molar-refractivity contribution in [1.29, 1.82) is 0 Å². The molecule has 1 aliphatic carbocycles. The SMILES string of the molecule is CNCC(O)COc1cccc(-c2nc(N(C)C3CCOCC3)cc(C3(C)CC3)n2)c1. The number of nitrogens with one attached hydrogen (secondary N) is 1. The van der Waals surface area contributed by atoms with Gasteiger partial charge in [-0.15, -0.1) is 0 Å². The molecule has 168 valence electrons. The maximum absolute atomic E-state index is 9.92. The van der Waals surface area contributed by atoms with Crippen molar-refractivity contribution in [3.05, 3.63) is 36.0 Å². The fourth-order valence-corrected chi connectivity index (χ4v) is 3.97. The predicted octanol–water partition coefficient (Wildman–Crippen LogP) is 2.77. The predicted molar refractivity (Wildman–Crippen MR) is 122 cm³/mol. The van der Waals surface area contributed by atoms with E-state index in [1.807, 2.05) is 31.3 Å². The summed E-state index contributed by atoms with van der Waals surface area (Å²) in [6, 6.07) is 10.4. The average molecular weight is 427 g/mol. The Kier molecular flexibility index (Phi) is 6.74. The quantitative estimate of drug-likeness (QED) is 0.638. The van der Waals surface area contributed by atoms with Crippen molar-refractivity contribution in [3.63, 3.8) is 0 Å². The van der Waals surface area contributed by atoms with Crippen LogP contribution in [0.3, 0.4) is 0 Å². The Balaban J connectivity index is 1.61. The highest BCUT2D eigenvalue weighted by Crippen LogP contribution is 2.47. The van der Waals surface area contributed by atoms with Gasteiger partial charge in [0, 0.05) is 49.9 Å². The lowest BCUT2D eigenvalue weighted by Crippen LogP contribution is -2.37. The molecule has 7 nitrogen and oxygen atoms in total. The first-order valence-electron chi connectivity index (χ1n) is 11.2. The van der Waals surface area contributed by atoms with Crippen LogP contribution in [-0.4, -0.2) is 67.7 Å². The smallest absolute Gasteiger partial charge is 0.161 e. The molecule has 2 heterocycles. The van der Waals surface area contributed by atoms with E-state index >= 15 is 0 Å². The zero-order valence-electron chi connectivity index (χ0n) is 18.8. The maximum atomic E-state index is 9.92. The highest BCUT2D eigenvalue weighted by atomic mass is 16.5. The van der Waals surface area contributed by atoms with Crippen molar-refractivity contribution in [1.82, 2.24) is 15.3 Å². The summed E-state index contributed by atoms with van der Waals surface area (Å²) in [4.78, 5) is 12.2. The van der Waals surface area contributed by atoms with Crippen LogP contribution in [0.25, 0.3) is 11.4 Å². The fourth-order valence-electron chi connectivity index (χ4n) is 3.97.